The Morgan fingerprint density at radius 3 is 2.52 bits per heavy atom. The molecule has 2 aromatic carbocycles. The summed E-state index contributed by atoms with van der Waals surface area (Å²) in [6.45, 7) is 5.99. The van der Waals surface area contributed by atoms with Crippen LogP contribution in [0.4, 0.5) is 0 Å². The third-order valence-corrected chi connectivity index (χ3v) is 4.03. The van der Waals surface area contributed by atoms with Crippen molar-refractivity contribution in [2.75, 3.05) is 0 Å². The zero-order chi connectivity index (χ0) is 16.4. The summed E-state index contributed by atoms with van der Waals surface area (Å²) in [6, 6.07) is 13.6. The van der Waals surface area contributed by atoms with Crippen LogP contribution in [0.3, 0.4) is 0 Å². The molecule has 0 atom stereocenters. The Bertz CT molecular complexity index is 835. The van der Waals surface area contributed by atoms with Crippen molar-refractivity contribution in [1.82, 2.24) is 15.4 Å². The van der Waals surface area contributed by atoms with Crippen LogP contribution < -0.4 is 0 Å². The van der Waals surface area contributed by atoms with Crippen molar-refractivity contribution in [3.8, 4) is 0 Å². The lowest BCUT2D eigenvalue weighted by Gasteiger charge is -2.23. The molecule has 0 aliphatic rings. The number of ether oxygens (including phenoxy) is 1. The number of H-pyrrole nitrogens is 1. The topological polar surface area (TPSA) is 67.9 Å². The highest BCUT2D eigenvalue weighted by atomic mass is 16.5. The van der Waals surface area contributed by atoms with Gasteiger partial charge >= 0.3 is 5.97 Å². The first-order valence-electron chi connectivity index (χ1n) is 7.50. The lowest BCUT2D eigenvalue weighted by atomic mass is 9.84. The summed E-state index contributed by atoms with van der Waals surface area (Å²) in [7, 11) is 0. The van der Waals surface area contributed by atoms with E-state index < -0.39 is 5.41 Å². The molecule has 3 rings (SSSR count). The highest BCUT2D eigenvalue weighted by molar-refractivity contribution is 5.82. The van der Waals surface area contributed by atoms with Crippen molar-refractivity contribution in [1.29, 1.82) is 0 Å². The second-order valence-electron chi connectivity index (χ2n) is 6.21. The van der Waals surface area contributed by atoms with E-state index in [1.165, 1.54) is 5.56 Å². The average Bonchev–Trinajstić information content (AvgIpc) is 3.00. The maximum Gasteiger partial charge on any atom is 0.316 e. The molecule has 118 valence electrons. The largest absolute Gasteiger partial charge is 0.460 e. The fourth-order valence-electron chi connectivity index (χ4n) is 2.39. The van der Waals surface area contributed by atoms with Gasteiger partial charge in [-0.25, -0.2) is 0 Å². The first kappa shape index (κ1) is 15.2. The molecule has 1 aromatic heterocycles. The van der Waals surface area contributed by atoms with E-state index >= 15 is 0 Å². The van der Waals surface area contributed by atoms with Gasteiger partial charge in [-0.05, 0) is 44.0 Å². The van der Waals surface area contributed by atoms with Gasteiger partial charge in [0.25, 0.3) is 0 Å². The molecule has 0 saturated carbocycles. The molecular formula is C18H19N3O2. The van der Waals surface area contributed by atoms with Crippen molar-refractivity contribution in [2.24, 2.45) is 0 Å². The first-order chi connectivity index (χ1) is 11.0. The molecule has 0 saturated heterocycles. The molecule has 0 aliphatic carbocycles. The molecule has 0 fully saturated rings. The van der Waals surface area contributed by atoms with Crippen molar-refractivity contribution < 1.29 is 9.53 Å². The van der Waals surface area contributed by atoms with Crippen LogP contribution in [-0.4, -0.2) is 21.4 Å². The zero-order valence-corrected chi connectivity index (χ0v) is 13.5. The first-order valence-corrected chi connectivity index (χ1v) is 7.50. The second-order valence-corrected chi connectivity index (χ2v) is 6.21. The number of carbonyl (C=O) groups is 1. The van der Waals surface area contributed by atoms with Gasteiger partial charge in [0.15, 0.2) is 0 Å². The van der Waals surface area contributed by atoms with E-state index in [0.717, 1.165) is 22.2 Å². The van der Waals surface area contributed by atoms with Crippen LogP contribution in [0.25, 0.3) is 11.0 Å². The number of benzene rings is 2. The highest BCUT2D eigenvalue weighted by Crippen LogP contribution is 2.25. The van der Waals surface area contributed by atoms with Gasteiger partial charge in [0.05, 0.1) is 5.41 Å². The molecule has 0 bridgehead atoms. The van der Waals surface area contributed by atoms with Crippen LogP contribution in [0.15, 0.2) is 42.5 Å². The van der Waals surface area contributed by atoms with Crippen molar-refractivity contribution in [2.45, 2.75) is 32.8 Å². The summed E-state index contributed by atoms with van der Waals surface area (Å²) < 4.78 is 5.51. The number of nitrogens with zero attached hydrogens (tertiary/aromatic N) is 2. The number of esters is 1. The molecule has 0 aliphatic heterocycles. The minimum Gasteiger partial charge on any atom is -0.460 e. The molecular weight excluding hydrogens is 290 g/mol. The Labute approximate surface area is 134 Å². The molecule has 0 spiro atoms. The fraction of sp³-hybridized carbons (Fsp3) is 0.278. The third-order valence-electron chi connectivity index (χ3n) is 4.03. The van der Waals surface area contributed by atoms with Crippen LogP contribution in [0, 0.1) is 6.92 Å². The Balaban J connectivity index is 1.71. The normalized spacial score (nSPS) is 11.6. The summed E-state index contributed by atoms with van der Waals surface area (Å²) in [5, 5.41) is 10.6. The van der Waals surface area contributed by atoms with Gasteiger partial charge in [-0.1, -0.05) is 35.9 Å². The lowest BCUT2D eigenvalue weighted by molar-refractivity contribution is -0.150. The smallest absolute Gasteiger partial charge is 0.316 e. The van der Waals surface area contributed by atoms with E-state index in [4.69, 9.17) is 4.74 Å². The number of carbonyl (C=O) groups excluding carboxylic acids is 1. The monoisotopic (exact) mass is 309 g/mol. The summed E-state index contributed by atoms with van der Waals surface area (Å²) in [6.07, 6.45) is 0. The molecule has 0 amide bonds. The molecule has 1 heterocycles. The third kappa shape index (κ3) is 3.08. The number of hydrogen-bond acceptors (Lipinski definition) is 4. The Morgan fingerprint density at radius 2 is 1.78 bits per heavy atom. The van der Waals surface area contributed by atoms with Crippen LogP contribution in [-0.2, 0) is 21.6 Å². The van der Waals surface area contributed by atoms with Gasteiger partial charge in [0.1, 0.15) is 17.6 Å². The molecule has 0 unspecified atom stereocenters. The summed E-state index contributed by atoms with van der Waals surface area (Å²) in [5.74, 6) is -0.249. The molecule has 0 radical (unpaired) electrons. The van der Waals surface area contributed by atoms with Gasteiger partial charge in [0, 0.05) is 0 Å². The Morgan fingerprint density at radius 1 is 1.09 bits per heavy atom. The van der Waals surface area contributed by atoms with E-state index in [0.29, 0.717) is 0 Å². The Kier molecular flexibility index (Phi) is 3.86. The van der Waals surface area contributed by atoms with E-state index in [1.807, 2.05) is 63.2 Å². The standard InChI is InChI=1S/C18H19N3O2/c1-12-4-7-14(8-5-12)18(2,3)17(22)23-11-13-6-9-15-16(10-13)20-21-19-15/h4-10H,11H2,1-3H3,(H,19,20,21). The molecule has 23 heavy (non-hydrogen) atoms. The highest BCUT2D eigenvalue weighted by Gasteiger charge is 2.31. The van der Waals surface area contributed by atoms with Gasteiger partial charge in [-0.3, -0.25) is 4.79 Å². The van der Waals surface area contributed by atoms with Crippen LogP contribution in [0.5, 0.6) is 0 Å². The van der Waals surface area contributed by atoms with E-state index in [1.54, 1.807) is 0 Å². The molecule has 1 N–H and O–H groups in total. The maximum absolute atomic E-state index is 12.5. The molecule has 3 aromatic rings. The summed E-state index contributed by atoms with van der Waals surface area (Å²) in [4.78, 5) is 12.5. The van der Waals surface area contributed by atoms with Gasteiger partial charge < -0.3 is 4.74 Å². The van der Waals surface area contributed by atoms with Crippen LogP contribution in [0.1, 0.15) is 30.5 Å². The average molecular weight is 309 g/mol. The van der Waals surface area contributed by atoms with Gasteiger partial charge in [-0.15, -0.1) is 0 Å². The van der Waals surface area contributed by atoms with Gasteiger partial charge in [-0.2, -0.15) is 15.4 Å². The number of aromatic nitrogens is 3. The number of aryl methyl sites for hydroxylation is 1. The number of fused-ring (bicyclic) bond motifs is 1. The number of hydrogen-bond donors (Lipinski definition) is 1. The predicted molar refractivity (Wildman–Crippen MR) is 87.9 cm³/mol. The summed E-state index contributed by atoms with van der Waals surface area (Å²) >= 11 is 0. The number of aromatic amines is 1. The quantitative estimate of drug-likeness (QED) is 0.751. The number of rotatable bonds is 4. The van der Waals surface area contributed by atoms with E-state index in [9.17, 15) is 4.79 Å². The SMILES string of the molecule is Cc1ccc(C(C)(C)C(=O)OCc2ccc3n[nH]nc3c2)cc1. The minimum absolute atomic E-state index is 0.219. The minimum atomic E-state index is -0.689. The lowest BCUT2D eigenvalue weighted by Crippen LogP contribution is -2.31. The van der Waals surface area contributed by atoms with E-state index in [-0.39, 0.29) is 12.6 Å². The fourth-order valence-corrected chi connectivity index (χ4v) is 2.39. The maximum atomic E-state index is 12.5. The molecule has 5 heteroatoms. The molecule has 5 nitrogen and oxygen atoms in total. The zero-order valence-electron chi connectivity index (χ0n) is 13.5. The van der Waals surface area contributed by atoms with Crippen molar-refractivity contribution >= 4 is 17.0 Å². The predicted octanol–water partition coefficient (Wildman–Crippen LogP) is 3.29. The van der Waals surface area contributed by atoms with Crippen LogP contribution in [0.2, 0.25) is 0 Å². The second kappa shape index (κ2) is 5.83. The van der Waals surface area contributed by atoms with E-state index in [2.05, 4.69) is 15.4 Å². The van der Waals surface area contributed by atoms with Crippen LogP contribution >= 0.6 is 0 Å². The Hall–Kier alpha value is -2.69. The summed E-state index contributed by atoms with van der Waals surface area (Å²) in [5.41, 5.74) is 3.86. The van der Waals surface area contributed by atoms with Gasteiger partial charge in [0.2, 0.25) is 0 Å². The van der Waals surface area contributed by atoms with Crippen molar-refractivity contribution in [3.05, 3.63) is 59.2 Å². The van der Waals surface area contributed by atoms with Crippen molar-refractivity contribution in [3.63, 3.8) is 0 Å². The number of nitrogens with one attached hydrogen (secondary N) is 1.